The lowest BCUT2D eigenvalue weighted by molar-refractivity contribution is -0.130. The van der Waals surface area contributed by atoms with Crippen molar-refractivity contribution in [2.24, 2.45) is 0 Å². The Labute approximate surface area is 130 Å². The minimum Gasteiger partial charge on any atom is -0.496 e. The highest BCUT2D eigenvalue weighted by Gasteiger charge is 2.35. The molecule has 1 heterocycles. The number of carbonyl (C=O) groups excluding carboxylic acids is 2. The Hall–Kier alpha value is -2.24. The third kappa shape index (κ3) is 2.73. The number of hydrogen-bond donors (Lipinski definition) is 0. The second-order valence-corrected chi connectivity index (χ2v) is 5.49. The monoisotopic (exact) mass is 306 g/mol. The molecule has 1 fully saturated rings. The summed E-state index contributed by atoms with van der Waals surface area (Å²) in [5, 5.41) is 0. The molecule has 6 heteroatoms. The van der Waals surface area contributed by atoms with E-state index in [-0.39, 0.29) is 11.8 Å². The summed E-state index contributed by atoms with van der Waals surface area (Å²) in [6.07, 6.45) is 0.651. The summed E-state index contributed by atoms with van der Waals surface area (Å²) in [6, 6.07) is 2.95. The Morgan fingerprint density at radius 2 is 1.82 bits per heavy atom. The average Bonchev–Trinajstić information content (AvgIpc) is 2.85. The first-order valence-corrected chi connectivity index (χ1v) is 7.15. The summed E-state index contributed by atoms with van der Waals surface area (Å²) >= 11 is 0. The Morgan fingerprint density at radius 3 is 2.23 bits per heavy atom. The van der Waals surface area contributed by atoms with Crippen LogP contribution in [-0.4, -0.2) is 62.5 Å². The van der Waals surface area contributed by atoms with Gasteiger partial charge in [0.1, 0.15) is 17.5 Å². The number of carbonyl (C=O) groups is 2. The van der Waals surface area contributed by atoms with Gasteiger partial charge in [0.05, 0.1) is 14.2 Å². The van der Waals surface area contributed by atoms with Gasteiger partial charge in [0.15, 0.2) is 0 Å². The largest absolute Gasteiger partial charge is 0.496 e. The van der Waals surface area contributed by atoms with Crippen LogP contribution in [0.15, 0.2) is 12.1 Å². The van der Waals surface area contributed by atoms with Gasteiger partial charge in [-0.1, -0.05) is 0 Å². The lowest BCUT2D eigenvalue weighted by Gasteiger charge is -2.24. The van der Waals surface area contributed by atoms with Crippen molar-refractivity contribution in [1.29, 1.82) is 0 Å². The summed E-state index contributed by atoms with van der Waals surface area (Å²) in [6.45, 7) is 2.53. The third-order valence-corrected chi connectivity index (χ3v) is 4.19. The van der Waals surface area contributed by atoms with Gasteiger partial charge in [0.25, 0.3) is 5.91 Å². The van der Waals surface area contributed by atoms with Crippen molar-refractivity contribution in [2.45, 2.75) is 19.4 Å². The number of ether oxygens (including phenoxy) is 2. The van der Waals surface area contributed by atoms with Crippen LogP contribution < -0.4 is 9.47 Å². The van der Waals surface area contributed by atoms with Crippen molar-refractivity contribution in [3.8, 4) is 11.5 Å². The maximum atomic E-state index is 12.7. The van der Waals surface area contributed by atoms with Crippen LogP contribution in [0.2, 0.25) is 0 Å². The highest BCUT2D eigenvalue weighted by molar-refractivity contribution is 5.98. The van der Waals surface area contributed by atoms with Crippen molar-refractivity contribution >= 4 is 11.8 Å². The molecule has 1 aliphatic heterocycles. The van der Waals surface area contributed by atoms with E-state index in [1.807, 2.05) is 6.92 Å². The molecule has 0 N–H and O–H groups in total. The summed E-state index contributed by atoms with van der Waals surface area (Å²) in [7, 11) is 6.51. The zero-order chi connectivity index (χ0) is 16.4. The van der Waals surface area contributed by atoms with E-state index in [0.717, 1.165) is 5.56 Å². The van der Waals surface area contributed by atoms with E-state index in [4.69, 9.17) is 9.47 Å². The van der Waals surface area contributed by atoms with E-state index >= 15 is 0 Å². The molecule has 2 amide bonds. The van der Waals surface area contributed by atoms with Crippen LogP contribution in [0.4, 0.5) is 0 Å². The Morgan fingerprint density at radius 1 is 1.27 bits per heavy atom. The quantitative estimate of drug-likeness (QED) is 0.842. The van der Waals surface area contributed by atoms with Crippen LogP contribution in [0.1, 0.15) is 22.3 Å². The van der Waals surface area contributed by atoms with E-state index in [1.165, 1.54) is 4.90 Å². The van der Waals surface area contributed by atoms with Gasteiger partial charge in [-0.25, -0.2) is 0 Å². The maximum absolute atomic E-state index is 12.7. The van der Waals surface area contributed by atoms with Crippen LogP contribution in [-0.2, 0) is 4.79 Å². The molecule has 1 aliphatic rings. The lowest BCUT2D eigenvalue weighted by Crippen LogP contribution is -2.42. The number of benzene rings is 1. The molecule has 0 bridgehead atoms. The number of likely N-dealkylation sites (tertiary alicyclic amines) is 1. The van der Waals surface area contributed by atoms with Crippen LogP contribution in [0.3, 0.4) is 0 Å². The standard InChI is InChI=1S/C16H22N2O4/c1-10-13(21-4)8-11(9-14(10)22-5)15(19)18(3)12-6-7-17(2)16(12)20/h8-9,12H,6-7H2,1-5H3. The molecule has 1 aromatic rings. The van der Waals surface area contributed by atoms with Gasteiger partial charge in [0, 0.05) is 31.8 Å². The first-order chi connectivity index (χ1) is 10.4. The highest BCUT2D eigenvalue weighted by Crippen LogP contribution is 2.30. The van der Waals surface area contributed by atoms with E-state index < -0.39 is 6.04 Å². The summed E-state index contributed by atoms with van der Waals surface area (Å²) in [5.41, 5.74) is 1.28. The molecule has 1 saturated heterocycles. The molecule has 0 spiro atoms. The summed E-state index contributed by atoms with van der Waals surface area (Å²) < 4.78 is 10.6. The minimum absolute atomic E-state index is 0.0260. The predicted molar refractivity (Wildman–Crippen MR) is 82.4 cm³/mol. The van der Waals surface area contributed by atoms with Gasteiger partial charge >= 0.3 is 0 Å². The van der Waals surface area contributed by atoms with Crippen molar-refractivity contribution in [3.63, 3.8) is 0 Å². The molecule has 0 aliphatic carbocycles. The second kappa shape index (κ2) is 6.25. The first kappa shape index (κ1) is 16.1. The molecule has 6 nitrogen and oxygen atoms in total. The number of rotatable bonds is 4. The third-order valence-electron chi connectivity index (χ3n) is 4.19. The van der Waals surface area contributed by atoms with E-state index in [9.17, 15) is 9.59 Å². The maximum Gasteiger partial charge on any atom is 0.254 e. The highest BCUT2D eigenvalue weighted by atomic mass is 16.5. The Balaban J connectivity index is 2.31. The van der Waals surface area contributed by atoms with Gasteiger partial charge in [0.2, 0.25) is 5.91 Å². The average molecular weight is 306 g/mol. The van der Waals surface area contributed by atoms with Gasteiger partial charge in [-0.3, -0.25) is 9.59 Å². The van der Waals surface area contributed by atoms with Gasteiger partial charge in [-0.05, 0) is 25.5 Å². The molecule has 1 unspecified atom stereocenters. The number of nitrogens with zero attached hydrogens (tertiary/aromatic N) is 2. The van der Waals surface area contributed by atoms with Crippen molar-refractivity contribution in [2.75, 3.05) is 34.9 Å². The first-order valence-electron chi connectivity index (χ1n) is 7.15. The summed E-state index contributed by atoms with van der Waals surface area (Å²) in [4.78, 5) is 27.9. The molecule has 120 valence electrons. The fourth-order valence-electron chi connectivity index (χ4n) is 2.72. The molecule has 2 rings (SSSR count). The number of methoxy groups -OCH3 is 2. The Bertz CT molecular complexity index is 575. The topological polar surface area (TPSA) is 59.1 Å². The molecule has 1 aromatic carbocycles. The fourth-order valence-corrected chi connectivity index (χ4v) is 2.72. The van der Waals surface area contributed by atoms with Gasteiger partial charge in [-0.15, -0.1) is 0 Å². The van der Waals surface area contributed by atoms with Crippen LogP contribution in [0, 0.1) is 6.92 Å². The molecule has 0 radical (unpaired) electrons. The number of amides is 2. The lowest BCUT2D eigenvalue weighted by atomic mass is 10.1. The van der Waals surface area contributed by atoms with Crippen molar-refractivity contribution in [3.05, 3.63) is 23.3 Å². The second-order valence-electron chi connectivity index (χ2n) is 5.49. The van der Waals surface area contributed by atoms with Crippen LogP contribution in [0.25, 0.3) is 0 Å². The van der Waals surface area contributed by atoms with Crippen molar-refractivity contribution < 1.29 is 19.1 Å². The smallest absolute Gasteiger partial charge is 0.254 e. The van der Waals surface area contributed by atoms with Crippen LogP contribution in [0.5, 0.6) is 11.5 Å². The van der Waals surface area contributed by atoms with Crippen molar-refractivity contribution in [1.82, 2.24) is 9.80 Å². The molecule has 22 heavy (non-hydrogen) atoms. The Kier molecular flexibility index (Phi) is 4.59. The molecule has 0 aromatic heterocycles. The number of hydrogen-bond acceptors (Lipinski definition) is 4. The molecular formula is C16H22N2O4. The fraction of sp³-hybridized carbons (Fsp3) is 0.500. The molecule has 1 atom stereocenters. The molecular weight excluding hydrogens is 284 g/mol. The normalized spacial score (nSPS) is 17.6. The summed E-state index contributed by atoms with van der Waals surface area (Å²) in [5.74, 6) is 0.934. The van der Waals surface area contributed by atoms with E-state index in [1.54, 1.807) is 45.3 Å². The zero-order valence-corrected chi connectivity index (χ0v) is 13.7. The van der Waals surface area contributed by atoms with Gasteiger partial charge in [-0.2, -0.15) is 0 Å². The van der Waals surface area contributed by atoms with E-state index in [0.29, 0.717) is 30.0 Å². The minimum atomic E-state index is -0.407. The number of likely N-dealkylation sites (N-methyl/N-ethyl adjacent to an activating group) is 2. The van der Waals surface area contributed by atoms with Gasteiger partial charge < -0.3 is 19.3 Å². The zero-order valence-electron chi connectivity index (χ0n) is 13.7. The SMILES string of the molecule is COc1cc(C(=O)N(C)C2CCN(C)C2=O)cc(OC)c1C. The van der Waals surface area contributed by atoms with Crippen LogP contribution >= 0.6 is 0 Å². The molecule has 0 saturated carbocycles. The van der Waals surface area contributed by atoms with E-state index in [2.05, 4.69) is 0 Å². The predicted octanol–water partition coefficient (Wildman–Crippen LogP) is 1.31.